The summed E-state index contributed by atoms with van der Waals surface area (Å²) >= 11 is 0. The Morgan fingerprint density at radius 1 is 1.00 bits per heavy atom. The summed E-state index contributed by atoms with van der Waals surface area (Å²) in [5.41, 5.74) is 8.26. The van der Waals surface area contributed by atoms with Crippen LogP contribution in [-0.2, 0) is 16.0 Å². The van der Waals surface area contributed by atoms with Gasteiger partial charge in [-0.3, -0.25) is 4.79 Å². The Labute approximate surface area is 194 Å². The van der Waals surface area contributed by atoms with Crippen LogP contribution in [0, 0.1) is 0 Å². The summed E-state index contributed by atoms with van der Waals surface area (Å²) in [6, 6.07) is 21.4. The van der Waals surface area contributed by atoms with E-state index in [4.69, 9.17) is 15.2 Å². The number of nitrogens with one attached hydrogen (secondary N) is 2. The van der Waals surface area contributed by atoms with Gasteiger partial charge >= 0.3 is 5.97 Å². The Hall–Kier alpha value is -3.35. The predicted molar refractivity (Wildman–Crippen MR) is 132 cm³/mol. The van der Waals surface area contributed by atoms with Gasteiger partial charge in [0.1, 0.15) is 24.5 Å². The maximum absolute atomic E-state index is 12.8. The Morgan fingerprint density at radius 2 is 1.73 bits per heavy atom. The lowest BCUT2D eigenvalue weighted by atomic mass is 10.1. The van der Waals surface area contributed by atoms with Crippen LogP contribution in [0.25, 0.3) is 21.7 Å². The molecule has 0 saturated heterocycles. The first-order valence-electron chi connectivity index (χ1n) is 11.4. The average Bonchev–Trinajstić information content (AvgIpc) is 3.23. The molecule has 0 amide bonds. The van der Waals surface area contributed by atoms with Gasteiger partial charge in [-0.05, 0) is 23.1 Å². The molecular weight excluding hydrogens is 414 g/mol. The fourth-order valence-electron chi connectivity index (χ4n) is 3.88. The van der Waals surface area contributed by atoms with Crippen molar-refractivity contribution >= 4 is 27.6 Å². The van der Waals surface area contributed by atoms with Crippen LogP contribution in [0.3, 0.4) is 0 Å². The third kappa shape index (κ3) is 5.72. The van der Waals surface area contributed by atoms with E-state index in [9.17, 15) is 4.79 Å². The van der Waals surface area contributed by atoms with E-state index in [0.29, 0.717) is 13.0 Å². The number of carbonyl (C=O) groups is 1. The van der Waals surface area contributed by atoms with E-state index in [1.165, 1.54) is 0 Å². The summed E-state index contributed by atoms with van der Waals surface area (Å²) in [5.74, 6) is 0.333. The molecule has 0 aliphatic rings. The number of benzene rings is 3. The van der Waals surface area contributed by atoms with Gasteiger partial charge in [0.05, 0.1) is 0 Å². The summed E-state index contributed by atoms with van der Waals surface area (Å²) in [4.78, 5) is 16.1. The minimum atomic E-state index is -0.761. The first-order valence-corrected chi connectivity index (χ1v) is 11.4. The van der Waals surface area contributed by atoms with Crippen LogP contribution in [0.5, 0.6) is 5.75 Å². The average molecular weight is 446 g/mol. The number of hydrogen-bond donors (Lipinski definition) is 3. The summed E-state index contributed by atoms with van der Waals surface area (Å²) in [6.45, 7) is 4.81. The standard InChI is InChI=1S/C27H31N3O3/c1-18(2)29-16-21(17-32-26-13-7-9-19-8-3-4-11-23(19)26)33-27(31)24(28)14-20-15-30-25-12-6-5-10-22(20)25/h3-13,15,18,21,24,29-30H,14,16-17,28H2,1-2H3/t21?,24-/m0/s1. The van der Waals surface area contributed by atoms with Gasteiger partial charge in [-0.15, -0.1) is 0 Å². The topological polar surface area (TPSA) is 89.4 Å². The number of aromatic amines is 1. The molecule has 6 heteroatoms. The second-order valence-electron chi connectivity index (χ2n) is 8.58. The number of para-hydroxylation sites is 1. The highest BCUT2D eigenvalue weighted by atomic mass is 16.6. The van der Waals surface area contributed by atoms with Crippen molar-refractivity contribution in [1.29, 1.82) is 0 Å². The zero-order valence-corrected chi connectivity index (χ0v) is 19.1. The summed E-state index contributed by atoms with van der Waals surface area (Å²) in [6.07, 6.45) is 1.84. The molecule has 0 saturated carbocycles. The van der Waals surface area contributed by atoms with Gasteiger partial charge in [0.15, 0.2) is 0 Å². The number of aromatic nitrogens is 1. The number of ether oxygens (including phenoxy) is 2. The Morgan fingerprint density at radius 3 is 2.55 bits per heavy atom. The highest BCUT2D eigenvalue weighted by Gasteiger charge is 2.23. The molecule has 0 aliphatic carbocycles. The molecule has 3 aromatic carbocycles. The Kier molecular flexibility index (Phi) is 7.27. The smallest absolute Gasteiger partial charge is 0.323 e. The minimum Gasteiger partial charge on any atom is -0.489 e. The Bertz CT molecular complexity index is 1210. The lowest BCUT2D eigenvalue weighted by Gasteiger charge is -2.22. The van der Waals surface area contributed by atoms with Crippen molar-refractivity contribution in [1.82, 2.24) is 10.3 Å². The minimum absolute atomic E-state index is 0.235. The number of rotatable bonds is 10. The molecule has 0 radical (unpaired) electrons. The SMILES string of the molecule is CC(C)NCC(COc1cccc2ccccc12)OC(=O)[C@@H](N)Cc1c[nH]c2ccccc12. The van der Waals surface area contributed by atoms with Crippen molar-refractivity contribution in [2.45, 2.75) is 38.5 Å². The number of esters is 1. The van der Waals surface area contributed by atoms with Crippen LogP contribution in [0.1, 0.15) is 19.4 Å². The van der Waals surface area contributed by atoms with Gasteiger partial charge in [-0.1, -0.05) is 68.4 Å². The van der Waals surface area contributed by atoms with E-state index >= 15 is 0 Å². The van der Waals surface area contributed by atoms with Gasteiger partial charge in [0.25, 0.3) is 0 Å². The number of H-pyrrole nitrogens is 1. The highest BCUT2D eigenvalue weighted by molar-refractivity contribution is 5.88. The third-order valence-corrected chi connectivity index (χ3v) is 5.63. The van der Waals surface area contributed by atoms with Crippen molar-refractivity contribution in [3.8, 4) is 5.75 Å². The fourth-order valence-corrected chi connectivity index (χ4v) is 3.88. The molecule has 33 heavy (non-hydrogen) atoms. The molecule has 2 atom stereocenters. The maximum atomic E-state index is 12.8. The number of carbonyl (C=O) groups excluding carboxylic acids is 1. The van der Waals surface area contributed by atoms with Crippen LogP contribution in [0.4, 0.5) is 0 Å². The van der Waals surface area contributed by atoms with Gasteiger partial charge in [-0.2, -0.15) is 0 Å². The number of hydrogen-bond acceptors (Lipinski definition) is 5. The lowest BCUT2D eigenvalue weighted by Crippen LogP contribution is -2.43. The molecule has 1 aromatic heterocycles. The van der Waals surface area contributed by atoms with Gasteiger partial charge in [0, 0.05) is 41.5 Å². The van der Waals surface area contributed by atoms with Crippen LogP contribution >= 0.6 is 0 Å². The molecule has 0 fully saturated rings. The van der Waals surface area contributed by atoms with E-state index < -0.39 is 18.1 Å². The molecule has 4 rings (SSSR count). The highest BCUT2D eigenvalue weighted by Crippen LogP contribution is 2.25. The Balaban J connectivity index is 1.42. The molecule has 4 aromatic rings. The van der Waals surface area contributed by atoms with Crippen molar-refractivity contribution < 1.29 is 14.3 Å². The molecule has 1 unspecified atom stereocenters. The molecule has 6 nitrogen and oxygen atoms in total. The normalized spacial score (nSPS) is 13.3. The second kappa shape index (κ2) is 10.5. The molecule has 1 heterocycles. The van der Waals surface area contributed by atoms with Gasteiger partial charge < -0.3 is 25.5 Å². The van der Waals surface area contributed by atoms with E-state index in [0.717, 1.165) is 33.0 Å². The summed E-state index contributed by atoms with van der Waals surface area (Å²) in [5, 5.41) is 6.53. The predicted octanol–water partition coefficient (Wildman–Crippen LogP) is 4.18. The molecule has 0 spiro atoms. The molecule has 172 valence electrons. The van der Waals surface area contributed by atoms with Crippen LogP contribution in [-0.4, -0.2) is 42.3 Å². The molecule has 0 aliphatic heterocycles. The summed E-state index contributed by atoms with van der Waals surface area (Å²) in [7, 11) is 0. The van der Waals surface area contributed by atoms with E-state index in [-0.39, 0.29) is 12.6 Å². The van der Waals surface area contributed by atoms with Gasteiger partial charge in [-0.25, -0.2) is 0 Å². The van der Waals surface area contributed by atoms with E-state index in [1.807, 2.05) is 86.8 Å². The van der Waals surface area contributed by atoms with Crippen molar-refractivity contribution in [2.75, 3.05) is 13.2 Å². The zero-order valence-electron chi connectivity index (χ0n) is 19.1. The fraction of sp³-hybridized carbons (Fsp3) is 0.296. The molecule has 0 bridgehead atoms. The monoisotopic (exact) mass is 445 g/mol. The second-order valence-corrected chi connectivity index (χ2v) is 8.58. The van der Waals surface area contributed by atoms with Crippen LogP contribution in [0.15, 0.2) is 72.9 Å². The quantitative estimate of drug-likeness (QED) is 0.319. The summed E-state index contributed by atoms with van der Waals surface area (Å²) < 4.78 is 11.9. The maximum Gasteiger partial charge on any atom is 0.323 e. The van der Waals surface area contributed by atoms with Crippen molar-refractivity contribution in [3.05, 3.63) is 78.5 Å². The lowest BCUT2D eigenvalue weighted by molar-refractivity contribution is -0.152. The van der Waals surface area contributed by atoms with Crippen LogP contribution < -0.4 is 15.8 Å². The number of nitrogens with two attached hydrogens (primary N) is 1. The first-order chi connectivity index (χ1) is 16.0. The third-order valence-electron chi connectivity index (χ3n) is 5.63. The van der Waals surface area contributed by atoms with Crippen molar-refractivity contribution in [3.63, 3.8) is 0 Å². The molecule has 4 N–H and O–H groups in total. The van der Waals surface area contributed by atoms with Gasteiger partial charge in [0.2, 0.25) is 0 Å². The molecular formula is C27H31N3O3. The van der Waals surface area contributed by atoms with Crippen molar-refractivity contribution in [2.24, 2.45) is 5.73 Å². The first kappa shape index (κ1) is 22.8. The largest absolute Gasteiger partial charge is 0.489 e. The number of fused-ring (bicyclic) bond motifs is 2. The van der Waals surface area contributed by atoms with E-state index in [1.54, 1.807) is 0 Å². The van der Waals surface area contributed by atoms with Crippen LogP contribution in [0.2, 0.25) is 0 Å². The van der Waals surface area contributed by atoms with E-state index in [2.05, 4.69) is 10.3 Å². The zero-order chi connectivity index (χ0) is 23.2.